The first-order chi connectivity index (χ1) is 18.0. The molecule has 1 saturated heterocycles. The van der Waals surface area contributed by atoms with E-state index in [1.165, 1.54) is 0 Å². The molecule has 1 aliphatic heterocycles. The Hall–Kier alpha value is -2.85. The highest BCUT2D eigenvalue weighted by Crippen LogP contribution is 2.41. The molecule has 2 fully saturated rings. The number of aromatic nitrogens is 1. The summed E-state index contributed by atoms with van der Waals surface area (Å²) in [7, 11) is -3.27. The molecule has 0 spiro atoms. The Morgan fingerprint density at radius 2 is 1.68 bits per heavy atom. The van der Waals surface area contributed by atoms with Crippen molar-refractivity contribution >= 4 is 26.6 Å². The fourth-order valence-electron chi connectivity index (χ4n) is 5.23. The van der Waals surface area contributed by atoms with Crippen molar-refractivity contribution in [2.75, 3.05) is 18.8 Å². The van der Waals surface area contributed by atoms with Gasteiger partial charge in [0, 0.05) is 41.3 Å². The Kier molecular flexibility index (Phi) is 7.30. The van der Waals surface area contributed by atoms with Crippen LogP contribution in [0.4, 0.5) is 13.2 Å². The van der Waals surface area contributed by atoms with Crippen molar-refractivity contribution in [1.29, 1.82) is 0 Å². The smallest absolute Gasteiger partial charge is 0.348 e. The molecule has 1 N–H and O–H groups in total. The van der Waals surface area contributed by atoms with E-state index >= 15 is 0 Å². The number of hydrogen-bond donors (Lipinski definition) is 1. The van der Waals surface area contributed by atoms with Crippen LogP contribution in [0.5, 0.6) is 0 Å². The van der Waals surface area contributed by atoms with Gasteiger partial charge in [0.2, 0.25) is 0 Å². The molecule has 2 aliphatic rings. The Morgan fingerprint density at radius 1 is 1.00 bits per heavy atom. The average Bonchev–Trinajstić information content (AvgIpc) is 3.67. The number of halogens is 3. The summed E-state index contributed by atoms with van der Waals surface area (Å²) in [6, 6.07) is 14.6. The molecule has 5 rings (SSSR count). The number of amides is 1. The molecule has 2 aromatic carbocycles. The molecule has 38 heavy (non-hydrogen) atoms. The number of nitrogens with zero attached hydrogens (tertiary/aromatic N) is 2. The number of carbonyl (C=O) groups is 1. The second kappa shape index (κ2) is 10.4. The molecular formula is C28H32F3N3O3S. The molecule has 0 radical (unpaired) electrons. The summed E-state index contributed by atoms with van der Waals surface area (Å²) < 4.78 is 65.5. The van der Waals surface area contributed by atoms with Crippen molar-refractivity contribution in [1.82, 2.24) is 14.8 Å². The number of hydrogen-bond acceptors (Lipinski definition) is 4. The minimum Gasteiger partial charge on any atom is -0.348 e. The minimum absolute atomic E-state index is 0.0340. The molecular weight excluding hydrogens is 515 g/mol. The molecule has 1 aliphatic carbocycles. The van der Waals surface area contributed by atoms with Crippen LogP contribution in [0.1, 0.15) is 60.3 Å². The van der Waals surface area contributed by atoms with Gasteiger partial charge in [0.25, 0.3) is 5.91 Å². The van der Waals surface area contributed by atoms with Crippen LogP contribution in [-0.4, -0.2) is 48.8 Å². The molecule has 0 atom stereocenters. The van der Waals surface area contributed by atoms with E-state index in [0.717, 1.165) is 35.0 Å². The lowest BCUT2D eigenvalue weighted by molar-refractivity contribution is -0.185. The second-order valence-corrected chi connectivity index (χ2v) is 12.6. The number of sulfone groups is 1. The Labute approximate surface area is 220 Å². The number of alkyl halides is 3. The predicted octanol–water partition coefficient (Wildman–Crippen LogP) is 5.47. The molecule has 1 amide bonds. The van der Waals surface area contributed by atoms with E-state index < -0.39 is 21.9 Å². The standard InChI is InChI=1S/C28H32F3N3O3S/c1-2-38(36,37)25-8-3-19(4-9-25)17-32-27(35)20-5-10-26-21(15-20)16-24(34(26)23-6-7-23)18-33-13-11-22(12-14-33)28(29,30)31/h3-5,8-10,15-16,22-23H,2,6-7,11-14,17-18H2,1H3,(H,32,35). The van der Waals surface area contributed by atoms with Gasteiger partial charge in [0.15, 0.2) is 9.84 Å². The first-order valence-electron chi connectivity index (χ1n) is 13.1. The van der Waals surface area contributed by atoms with E-state index in [-0.39, 0.29) is 35.9 Å². The van der Waals surface area contributed by atoms with E-state index in [0.29, 0.717) is 31.2 Å². The maximum absolute atomic E-state index is 13.1. The first-order valence-corrected chi connectivity index (χ1v) is 14.7. The zero-order valence-corrected chi connectivity index (χ0v) is 22.1. The van der Waals surface area contributed by atoms with Gasteiger partial charge in [-0.1, -0.05) is 19.1 Å². The maximum atomic E-state index is 13.1. The van der Waals surface area contributed by atoms with Crippen molar-refractivity contribution in [3.63, 3.8) is 0 Å². The van der Waals surface area contributed by atoms with Crippen LogP contribution >= 0.6 is 0 Å². The van der Waals surface area contributed by atoms with Crippen LogP contribution in [0, 0.1) is 5.92 Å². The fourth-order valence-corrected chi connectivity index (χ4v) is 6.12. The van der Waals surface area contributed by atoms with E-state index in [9.17, 15) is 26.4 Å². The molecule has 2 heterocycles. The molecule has 1 aromatic heterocycles. The molecule has 6 nitrogen and oxygen atoms in total. The van der Waals surface area contributed by atoms with Gasteiger partial charge in [-0.2, -0.15) is 13.2 Å². The number of carbonyl (C=O) groups excluding carboxylic acids is 1. The van der Waals surface area contributed by atoms with E-state index in [4.69, 9.17) is 0 Å². The number of nitrogens with one attached hydrogen (secondary N) is 1. The summed E-state index contributed by atoms with van der Waals surface area (Å²) >= 11 is 0. The van der Waals surface area contributed by atoms with Crippen LogP contribution in [-0.2, 0) is 22.9 Å². The maximum Gasteiger partial charge on any atom is 0.391 e. The number of piperidine rings is 1. The zero-order valence-electron chi connectivity index (χ0n) is 21.3. The van der Waals surface area contributed by atoms with E-state index in [1.54, 1.807) is 37.3 Å². The zero-order chi connectivity index (χ0) is 27.1. The van der Waals surface area contributed by atoms with Crippen molar-refractivity contribution in [2.45, 2.75) is 62.8 Å². The van der Waals surface area contributed by atoms with Gasteiger partial charge in [0.05, 0.1) is 16.6 Å². The van der Waals surface area contributed by atoms with Crippen molar-refractivity contribution < 1.29 is 26.4 Å². The molecule has 1 saturated carbocycles. The third-order valence-corrected chi connectivity index (χ3v) is 9.39. The Bertz CT molecular complexity index is 1420. The summed E-state index contributed by atoms with van der Waals surface area (Å²) in [5.74, 6) is -1.41. The minimum atomic E-state index is -4.12. The summed E-state index contributed by atoms with van der Waals surface area (Å²) in [4.78, 5) is 15.2. The lowest BCUT2D eigenvalue weighted by Crippen LogP contribution is -2.38. The SMILES string of the molecule is CCS(=O)(=O)c1ccc(CNC(=O)c2ccc3c(c2)cc(CN2CCC(C(F)(F)F)CC2)n3C2CC2)cc1. The quantitative estimate of drug-likeness (QED) is 0.406. The van der Waals surface area contributed by atoms with Gasteiger partial charge >= 0.3 is 6.18 Å². The van der Waals surface area contributed by atoms with Gasteiger partial charge < -0.3 is 9.88 Å². The van der Waals surface area contributed by atoms with Gasteiger partial charge in [-0.25, -0.2) is 8.42 Å². The number of likely N-dealkylation sites (tertiary alicyclic amines) is 1. The predicted molar refractivity (Wildman–Crippen MR) is 140 cm³/mol. The van der Waals surface area contributed by atoms with Crippen LogP contribution in [0.2, 0.25) is 0 Å². The van der Waals surface area contributed by atoms with E-state index in [1.807, 2.05) is 12.1 Å². The van der Waals surface area contributed by atoms with Crippen molar-refractivity contribution in [3.8, 4) is 0 Å². The van der Waals surface area contributed by atoms with Crippen molar-refractivity contribution in [3.05, 3.63) is 65.4 Å². The first kappa shape index (κ1) is 26.7. The van der Waals surface area contributed by atoms with Crippen LogP contribution < -0.4 is 5.32 Å². The highest BCUT2D eigenvalue weighted by molar-refractivity contribution is 7.91. The monoisotopic (exact) mass is 547 g/mol. The molecule has 0 bridgehead atoms. The van der Waals surface area contributed by atoms with Gasteiger partial charge in [0.1, 0.15) is 0 Å². The third kappa shape index (κ3) is 5.76. The summed E-state index contributed by atoms with van der Waals surface area (Å²) in [6.45, 7) is 3.32. The molecule has 3 aromatic rings. The molecule has 204 valence electrons. The Morgan fingerprint density at radius 3 is 2.29 bits per heavy atom. The number of rotatable bonds is 8. The summed E-state index contributed by atoms with van der Waals surface area (Å²) in [5.41, 5.74) is 3.43. The topological polar surface area (TPSA) is 71.4 Å². The number of benzene rings is 2. The third-order valence-electron chi connectivity index (χ3n) is 7.64. The van der Waals surface area contributed by atoms with Gasteiger partial charge in [-0.3, -0.25) is 9.69 Å². The largest absolute Gasteiger partial charge is 0.391 e. The fraction of sp³-hybridized carbons (Fsp3) is 0.464. The van der Waals surface area contributed by atoms with Gasteiger partial charge in [-0.05, 0) is 80.7 Å². The van der Waals surface area contributed by atoms with E-state index in [2.05, 4.69) is 20.9 Å². The molecule has 10 heteroatoms. The highest BCUT2D eigenvalue weighted by Gasteiger charge is 2.41. The second-order valence-electron chi connectivity index (χ2n) is 10.3. The summed E-state index contributed by atoms with van der Waals surface area (Å²) in [5, 5.41) is 3.84. The average molecular weight is 548 g/mol. The summed E-state index contributed by atoms with van der Waals surface area (Å²) in [6.07, 6.45) is -1.70. The van der Waals surface area contributed by atoms with Crippen LogP contribution in [0.25, 0.3) is 10.9 Å². The van der Waals surface area contributed by atoms with Crippen LogP contribution in [0.3, 0.4) is 0 Å². The normalized spacial score (nSPS) is 17.7. The lowest BCUT2D eigenvalue weighted by atomic mass is 9.96. The highest BCUT2D eigenvalue weighted by atomic mass is 32.2. The Balaban J connectivity index is 1.27. The van der Waals surface area contributed by atoms with Crippen LogP contribution in [0.15, 0.2) is 53.4 Å². The number of fused-ring (bicyclic) bond motifs is 1. The molecule has 0 unspecified atom stereocenters. The van der Waals surface area contributed by atoms with Crippen molar-refractivity contribution in [2.24, 2.45) is 5.92 Å². The van der Waals surface area contributed by atoms with Gasteiger partial charge in [-0.15, -0.1) is 0 Å². The lowest BCUT2D eigenvalue weighted by Gasteiger charge is -2.33.